The van der Waals surface area contributed by atoms with Crippen LogP contribution in [0.3, 0.4) is 0 Å². The summed E-state index contributed by atoms with van der Waals surface area (Å²) < 4.78 is 83.3. The molecule has 2 aromatic carbocycles. The van der Waals surface area contributed by atoms with Gasteiger partial charge in [0.05, 0.1) is 11.9 Å². The Morgan fingerprint density at radius 2 is 1.80 bits per heavy atom. The molecule has 0 aliphatic heterocycles. The lowest BCUT2D eigenvalue weighted by molar-refractivity contribution is -0.141. The number of nitrogens with zero attached hydrogens (tertiary/aromatic N) is 1. The number of para-hydroxylation sites is 1. The maximum absolute atomic E-state index is 14.1. The third-order valence-corrected chi connectivity index (χ3v) is 4.94. The van der Waals surface area contributed by atoms with Crippen LogP contribution in [0.25, 0.3) is 6.08 Å². The number of benzene rings is 2. The molecule has 0 aliphatic carbocycles. The fraction of sp³-hybridized carbons (Fsp3) is 0.130. The average molecular weight is 509 g/mol. The van der Waals surface area contributed by atoms with Gasteiger partial charge in [0.2, 0.25) is 21.8 Å². The second kappa shape index (κ2) is 10.6. The van der Waals surface area contributed by atoms with E-state index in [0.717, 1.165) is 30.5 Å². The molecule has 0 radical (unpaired) electrons. The molecule has 0 bridgehead atoms. The van der Waals surface area contributed by atoms with Crippen molar-refractivity contribution in [3.63, 3.8) is 0 Å². The van der Waals surface area contributed by atoms with Gasteiger partial charge in [0.1, 0.15) is 17.3 Å². The highest BCUT2D eigenvalue weighted by molar-refractivity contribution is 7.92. The van der Waals surface area contributed by atoms with Crippen molar-refractivity contribution in [2.24, 2.45) is 0 Å². The molecule has 1 heterocycles. The van der Waals surface area contributed by atoms with Gasteiger partial charge in [-0.15, -0.1) is 0 Å². The largest absolute Gasteiger partial charge is 0.438 e. The van der Waals surface area contributed by atoms with Gasteiger partial charge in [0, 0.05) is 18.2 Å². The third kappa shape index (κ3) is 7.81. The monoisotopic (exact) mass is 509 g/mol. The maximum Gasteiger partial charge on any atom is 0.433 e. The summed E-state index contributed by atoms with van der Waals surface area (Å²) in [5.41, 5.74) is -0.907. The number of halogens is 4. The van der Waals surface area contributed by atoms with Gasteiger partial charge in [0.25, 0.3) is 0 Å². The van der Waals surface area contributed by atoms with E-state index in [4.69, 9.17) is 4.74 Å². The molecule has 0 spiro atoms. The molecule has 7 nitrogen and oxygen atoms in total. The first-order chi connectivity index (χ1) is 16.4. The van der Waals surface area contributed by atoms with Crippen molar-refractivity contribution in [2.45, 2.75) is 12.7 Å². The van der Waals surface area contributed by atoms with Gasteiger partial charge in [-0.3, -0.25) is 9.52 Å². The van der Waals surface area contributed by atoms with Crippen LogP contribution in [0.4, 0.5) is 23.2 Å². The zero-order valence-corrected chi connectivity index (χ0v) is 19.0. The van der Waals surface area contributed by atoms with Crippen molar-refractivity contribution in [1.82, 2.24) is 10.3 Å². The topological polar surface area (TPSA) is 97.4 Å². The van der Waals surface area contributed by atoms with E-state index in [1.807, 2.05) is 4.72 Å². The van der Waals surface area contributed by atoms with Crippen LogP contribution in [0.2, 0.25) is 0 Å². The molecule has 0 fully saturated rings. The standard InChI is InChI=1S/C23H19F4N3O4S/c1-35(32,33)30-19-10-7-15(13-18(19)24)14-28-21(31)12-9-16-8-11-20(23(25,26)27)29-22(16)34-17-5-3-2-4-6-17/h2-13,30H,14H2,1H3,(H,28,31)/b12-9+. The van der Waals surface area contributed by atoms with Crippen LogP contribution in [0.5, 0.6) is 11.6 Å². The van der Waals surface area contributed by atoms with E-state index in [-0.39, 0.29) is 29.4 Å². The Kier molecular flexibility index (Phi) is 7.75. The van der Waals surface area contributed by atoms with Crippen LogP contribution in [-0.2, 0) is 27.5 Å². The van der Waals surface area contributed by atoms with E-state index < -0.39 is 33.6 Å². The number of rotatable bonds is 8. The summed E-state index contributed by atoms with van der Waals surface area (Å²) in [6, 6.07) is 13.7. The lowest BCUT2D eigenvalue weighted by Crippen LogP contribution is -2.20. The average Bonchev–Trinajstić information content (AvgIpc) is 2.77. The van der Waals surface area contributed by atoms with Crippen molar-refractivity contribution >= 4 is 27.7 Å². The molecule has 3 rings (SSSR count). The predicted octanol–water partition coefficient (Wildman–Crippen LogP) is 4.73. The Hall–Kier alpha value is -3.93. The Morgan fingerprint density at radius 1 is 1.09 bits per heavy atom. The van der Waals surface area contributed by atoms with E-state index in [9.17, 15) is 30.8 Å². The molecule has 0 aliphatic rings. The fourth-order valence-electron chi connectivity index (χ4n) is 2.78. The molecule has 1 amide bonds. The summed E-state index contributed by atoms with van der Waals surface area (Å²) >= 11 is 0. The summed E-state index contributed by atoms with van der Waals surface area (Å²) in [5.74, 6) is -1.52. The Balaban J connectivity index is 1.71. The zero-order valence-electron chi connectivity index (χ0n) is 18.1. The number of aromatic nitrogens is 1. The smallest absolute Gasteiger partial charge is 0.433 e. The molecular formula is C23H19F4N3O4S. The number of pyridine rings is 1. The minimum Gasteiger partial charge on any atom is -0.438 e. The second-order valence-corrected chi connectivity index (χ2v) is 8.99. The summed E-state index contributed by atoms with van der Waals surface area (Å²) in [5, 5.41) is 2.50. The van der Waals surface area contributed by atoms with Gasteiger partial charge in [-0.25, -0.2) is 17.8 Å². The second-order valence-electron chi connectivity index (χ2n) is 7.24. The van der Waals surface area contributed by atoms with Crippen molar-refractivity contribution in [3.05, 3.63) is 89.4 Å². The van der Waals surface area contributed by atoms with Crippen LogP contribution in [0, 0.1) is 5.82 Å². The van der Waals surface area contributed by atoms with Crippen LogP contribution < -0.4 is 14.8 Å². The van der Waals surface area contributed by atoms with Crippen molar-refractivity contribution < 1.29 is 35.5 Å². The normalized spacial score (nSPS) is 11.9. The molecule has 35 heavy (non-hydrogen) atoms. The van der Waals surface area contributed by atoms with Gasteiger partial charge >= 0.3 is 6.18 Å². The third-order valence-electron chi connectivity index (χ3n) is 4.35. The zero-order chi connectivity index (χ0) is 25.6. The number of amides is 1. The maximum atomic E-state index is 14.1. The minimum atomic E-state index is -4.68. The number of sulfonamides is 1. The van der Waals surface area contributed by atoms with Crippen molar-refractivity contribution in [2.75, 3.05) is 11.0 Å². The highest BCUT2D eigenvalue weighted by Crippen LogP contribution is 2.32. The number of anilines is 1. The molecule has 3 aromatic rings. The minimum absolute atomic E-state index is 0.0854. The molecule has 1 aromatic heterocycles. The molecular weight excluding hydrogens is 490 g/mol. The first-order valence-corrected chi connectivity index (χ1v) is 11.8. The van der Waals surface area contributed by atoms with Crippen LogP contribution in [0.1, 0.15) is 16.8 Å². The molecule has 0 unspecified atom stereocenters. The number of carbonyl (C=O) groups is 1. The lowest BCUT2D eigenvalue weighted by Gasteiger charge is -2.11. The van der Waals surface area contributed by atoms with Crippen molar-refractivity contribution in [3.8, 4) is 11.6 Å². The van der Waals surface area contributed by atoms with Gasteiger partial charge in [-0.05, 0) is 48.0 Å². The number of hydrogen-bond donors (Lipinski definition) is 2. The quantitative estimate of drug-likeness (QED) is 0.338. The first-order valence-electron chi connectivity index (χ1n) is 9.94. The number of hydrogen-bond acceptors (Lipinski definition) is 5. The van der Waals surface area contributed by atoms with E-state index in [1.54, 1.807) is 18.2 Å². The Bertz CT molecular complexity index is 1340. The number of carbonyl (C=O) groups excluding carboxylic acids is 1. The number of alkyl halides is 3. The van der Waals surface area contributed by atoms with E-state index in [1.165, 1.54) is 30.3 Å². The summed E-state index contributed by atoms with van der Waals surface area (Å²) in [6.45, 7) is -0.0854. The summed E-state index contributed by atoms with van der Waals surface area (Å²) in [6.07, 6.45) is -1.50. The summed E-state index contributed by atoms with van der Waals surface area (Å²) in [4.78, 5) is 15.7. The van der Waals surface area contributed by atoms with Gasteiger partial charge < -0.3 is 10.1 Å². The molecule has 2 N–H and O–H groups in total. The van der Waals surface area contributed by atoms with Gasteiger partial charge in [0.15, 0.2) is 0 Å². The molecule has 0 saturated carbocycles. The van der Waals surface area contributed by atoms with Crippen LogP contribution >= 0.6 is 0 Å². The SMILES string of the molecule is CS(=O)(=O)Nc1ccc(CNC(=O)/C=C/c2ccc(C(F)(F)F)nc2Oc2ccccc2)cc1F. The van der Waals surface area contributed by atoms with Gasteiger partial charge in [-0.1, -0.05) is 24.3 Å². The molecule has 0 saturated heterocycles. The lowest BCUT2D eigenvalue weighted by atomic mass is 10.2. The van der Waals surface area contributed by atoms with Crippen LogP contribution in [0.15, 0.2) is 66.7 Å². The first kappa shape index (κ1) is 25.7. The van der Waals surface area contributed by atoms with E-state index in [2.05, 4.69) is 10.3 Å². The van der Waals surface area contributed by atoms with E-state index in [0.29, 0.717) is 5.56 Å². The van der Waals surface area contributed by atoms with Gasteiger partial charge in [-0.2, -0.15) is 13.2 Å². The number of nitrogens with one attached hydrogen (secondary N) is 2. The molecule has 12 heteroatoms. The molecule has 184 valence electrons. The summed E-state index contributed by atoms with van der Waals surface area (Å²) in [7, 11) is -3.65. The number of ether oxygens (including phenoxy) is 1. The predicted molar refractivity (Wildman–Crippen MR) is 122 cm³/mol. The van der Waals surface area contributed by atoms with E-state index >= 15 is 0 Å². The highest BCUT2D eigenvalue weighted by Gasteiger charge is 2.33. The Labute approximate surface area is 198 Å². The van der Waals surface area contributed by atoms with Crippen LogP contribution in [-0.4, -0.2) is 25.6 Å². The highest BCUT2D eigenvalue weighted by atomic mass is 32.2. The fourth-order valence-corrected chi connectivity index (χ4v) is 3.35. The Morgan fingerprint density at radius 3 is 2.43 bits per heavy atom. The van der Waals surface area contributed by atoms with Crippen molar-refractivity contribution in [1.29, 1.82) is 0 Å². The molecule has 0 atom stereocenters.